The molecule has 0 aliphatic carbocycles. The molecule has 166 valence electrons. The third kappa shape index (κ3) is 5.12. The van der Waals surface area contributed by atoms with Crippen molar-refractivity contribution < 1.29 is 23.9 Å². The van der Waals surface area contributed by atoms with Crippen molar-refractivity contribution in [3.8, 4) is 5.75 Å². The van der Waals surface area contributed by atoms with E-state index in [4.69, 9.17) is 9.47 Å². The molecule has 1 aromatic heterocycles. The zero-order valence-electron chi connectivity index (χ0n) is 18.3. The summed E-state index contributed by atoms with van der Waals surface area (Å²) >= 11 is 0. The number of methoxy groups -OCH3 is 2. The minimum Gasteiger partial charge on any atom is -0.496 e. The van der Waals surface area contributed by atoms with Gasteiger partial charge in [0, 0.05) is 19.3 Å². The number of carbonyl (C=O) groups excluding carboxylic acids is 3. The number of rotatable bonds is 7. The van der Waals surface area contributed by atoms with Crippen molar-refractivity contribution in [2.45, 2.75) is 13.5 Å². The first kappa shape index (κ1) is 22.5. The molecule has 0 radical (unpaired) electrons. The lowest BCUT2D eigenvalue weighted by atomic mass is 10.1. The number of hydrogen-bond acceptors (Lipinski definition) is 6. The van der Waals surface area contributed by atoms with E-state index < -0.39 is 11.9 Å². The maximum atomic E-state index is 12.8. The number of anilines is 1. The van der Waals surface area contributed by atoms with Gasteiger partial charge in [-0.3, -0.25) is 14.3 Å². The van der Waals surface area contributed by atoms with Crippen molar-refractivity contribution in [2.24, 2.45) is 7.05 Å². The van der Waals surface area contributed by atoms with E-state index in [0.717, 1.165) is 5.69 Å². The lowest BCUT2D eigenvalue weighted by Crippen LogP contribution is -2.25. The van der Waals surface area contributed by atoms with Gasteiger partial charge in [0.15, 0.2) is 0 Å². The molecule has 0 saturated heterocycles. The zero-order chi connectivity index (χ0) is 23.3. The number of para-hydroxylation sites is 1. The molecule has 0 fully saturated rings. The molecule has 1 heterocycles. The highest BCUT2D eigenvalue weighted by Gasteiger charge is 2.16. The molecule has 0 atom stereocenters. The number of nitrogens with one attached hydrogen (secondary N) is 2. The fourth-order valence-corrected chi connectivity index (χ4v) is 3.23. The number of esters is 1. The second kappa shape index (κ2) is 9.78. The fraction of sp³-hybridized carbons (Fsp3) is 0.217. The van der Waals surface area contributed by atoms with Gasteiger partial charge < -0.3 is 20.1 Å². The third-order valence-corrected chi connectivity index (χ3v) is 4.71. The second-order valence-electron chi connectivity index (χ2n) is 7.04. The number of nitrogens with zero attached hydrogens (tertiary/aromatic N) is 2. The second-order valence-corrected chi connectivity index (χ2v) is 7.04. The minimum absolute atomic E-state index is 0.130. The minimum atomic E-state index is -0.562. The molecular formula is C23H24N4O5. The maximum absolute atomic E-state index is 12.8. The van der Waals surface area contributed by atoms with E-state index in [2.05, 4.69) is 15.7 Å². The Labute approximate surface area is 185 Å². The number of aromatic nitrogens is 2. The predicted octanol–water partition coefficient (Wildman–Crippen LogP) is 2.71. The van der Waals surface area contributed by atoms with Gasteiger partial charge in [0.25, 0.3) is 11.8 Å². The Balaban J connectivity index is 1.83. The van der Waals surface area contributed by atoms with Crippen LogP contribution in [-0.4, -0.2) is 41.8 Å². The molecule has 3 rings (SSSR count). The first-order valence-electron chi connectivity index (χ1n) is 9.78. The van der Waals surface area contributed by atoms with Gasteiger partial charge in [-0.05, 0) is 48.9 Å². The summed E-state index contributed by atoms with van der Waals surface area (Å²) in [4.78, 5) is 37.4. The van der Waals surface area contributed by atoms with E-state index in [1.165, 1.54) is 25.0 Å². The van der Waals surface area contributed by atoms with Crippen LogP contribution in [0.1, 0.15) is 42.5 Å². The molecule has 3 aromatic rings. The molecule has 9 nitrogen and oxygen atoms in total. The van der Waals surface area contributed by atoms with Crippen molar-refractivity contribution in [3.63, 3.8) is 0 Å². The van der Waals surface area contributed by atoms with Crippen molar-refractivity contribution in [1.29, 1.82) is 0 Å². The Morgan fingerprint density at radius 1 is 1.03 bits per heavy atom. The first-order chi connectivity index (χ1) is 15.3. The van der Waals surface area contributed by atoms with Crippen LogP contribution in [0.15, 0.2) is 48.5 Å². The number of hydrogen-bond donors (Lipinski definition) is 2. The van der Waals surface area contributed by atoms with Gasteiger partial charge in [-0.1, -0.05) is 12.1 Å². The van der Waals surface area contributed by atoms with Crippen LogP contribution >= 0.6 is 0 Å². The van der Waals surface area contributed by atoms with Crippen molar-refractivity contribution in [2.75, 3.05) is 19.5 Å². The van der Waals surface area contributed by atoms with Crippen LogP contribution in [0, 0.1) is 6.92 Å². The van der Waals surface area contributed by atoms with E-state index >= 15 is 0 Å². The maximum Gasteiger partial charge on any atom is 0.337 e. The summed E-state index contributed by atoms with van der Waals surface area (Å²) in [5.41, 5.74) is 2.72. The molecule has 9 heteroatoms. The summed E-state index contributed by atoms with van der Waals surface area (Å²) in [6.07, 6.45) is 0. The summed E-state index contributed by atoms with van der Waals surface area (Å²) in [5.74, 6) is -0.845. The third-order valence-electron chi connectivity index (χ3n) is 4.71. The van der Waals surface area contributed by atoms with Crippen LogP contribution in [0.2, 0.25) is 0 Å². The standard InChI is InChI=1S/C23H24N4O5/c1-14-9-19(27(2)26-14)22(29)24-13-15-10-16(23(30)32-4)12-17(11-15)25-21(28)18-7-5-6-8-20(18)31-3/h5-12H,13H2,1-4H3,(H,24,29)(H,25,28). The Bertz CT molecular complexity index is 1170. The molecule has 2 amide bonds. The first-order valence-corrected chi connectivity index (χ1v) is 9.78. The molecule has 0 aliphatic heterocycles. The van der Waals surface area contributed by atoms with Gasteiger partial charge in [-0.2, -0.15) is 5.10 Å². The zero-order valence-corrected chi connectivity index (χ0v) is 18.3. The number of carbonyl (C=O) groups is 3. The molecule has 0 spiro atoms. The summed E-state index contributed by atoms with van der Waals surface area (Å²) in [6.45, 7) is 1.93. The number of ether oxygens (including phenoxy) is 2. The van der Waals surface area contributed by atoms with Crippen molar-refractivity contribution >= 4 is 23.5 Å². The molecule has 2 aromatic carbocycles. The monoisotopic (exact) mass is 436 g/mol. The van der Waals surface area contributed by atoms with E-state index in [1.807, 2.05) is 0 Å². The number of aryl methyl sites for hydroxylation is 2. The van der Waals surface area contributed by atoms with Crippen molar-refractivity contribution in [3.05, 3.63) is 76.6 Å². The van der Waals surface area contributed by atoms with Gasteiger partial charge in [0.2, 0.25) is 0 Å². The average molecular weight is 436 g/mol. The largest absolute Gasteiger partial charge is 0.496 e. The quantitative estimate of drug-likeness (QED) is 0.551. The van der Waals surface area contributed by atoms with E-state index in [9.17, 15) is 14.4 Å². The van der Waals surface area contributed by atoms with Crippen LogP contribution in [0.25, 0.3) is 0 Å². The molecule has 0 aliphatic rings. The summed E-state index contributed by atoms with van der Waals surface area (Å²) in [6, 6.07) is 13.3. The molecule has 0 unspecified atom stereocenters. The van der Waals surface area contributed by atoms with Gasteiger partial charge >= 0.3 is 5.97 Å². The SMILES string of the molecule is COC(=O)c1cc(CNC(=O)c2cc(C)nn2C)cc(NC(=O)c2ccccc2OC)c1. The number of benzene rings is 2. The lowest BCUT2D eigenvalue weighted by Gasteiger charge is -2.12. The summed E-state index contributed by atoms with van der Waals surface area (Å²) in [5, 5.41) is 9.73. The highest BCUT2D eigenvalue weighted by molar-refractivity contribution is 6.06. The Hall–Kier alpha value is -4.14. The highest BCUT2D eigenvalue weighted by atomic mass is 16.5. The number of amides is 2. The summed E-state index contributed by atoms with van der Waals surface area (Å²) in [7, 11) is 4.44. The molecule has 32 heavy (non-hydrogen) atoms. The highest BCUT2D eigenvalue weighted by Crippen LogP contribution is 2.21. The summed E-state index contributed by atoms with van der Waals surface area (Å²) < 4.78 is 11.5. The van der Waals surface area contributed by atoms with Crippen molar-refractivity contribution in [1.82, 2.24) is 15.1 Å². The normalized spacial score (nSPS) is 10.4. The smallest absolute Gasteiger partial charge is 0.337 e. The van der Waals surface area contributed by atoms with E-state index in [0.29, 0.717) is 28.3 Å². The van der Waals surface area contributed by atoms with Crippen LogP contribution in [0.4, 0.5) is 5.69 Å². The average Bonchev–Trinajstić information content (AvgIpc) is 3.14. The lowest BCUT2D eigenvalue weighted by molar-refractivity contribution is 0.0600. The van der Waals surface area contributed by atoms with Crippen LogP contribution < -0.4 is 15.4 Å². The molecular weight excluding hydrogens is 412 g/mol. The van der Waals surface area contributed by atoms with Gasteiger partial charge in [0.05, 0.1) is 31.0 Å². The van der Waals surface area contributed by atoms with Crippen LogP contribution in [0.5, 0.6) is 5.75 Å². The fourth-order valence-electron chi connectivity index (χ4n) is 3.23. The molecule has 2 N–H and O–H groups in total. The Kier molecular flexibility index (Phi) is 6.89. The Morgan fingerprint density at radius 3 is 2.44 bits per heavy atom. The van der Waals surface area contributed by atoms with Gasteiger partial charge in [-0.15, -0.1) is 0 Å². The van der Waals surface area contributed by atoms with Gasteiger partial charge in [-0.25, -0.2) is 4.79 Å². The van der Waals surface area contributed by atoms with Crippen LogP contribution in [0.3, 0.4) is 0 Å². The van der Waals surface area contributed by atoms with E-state index in [1.54, 1.807) is 56.4 Å². The van der Waals surface area contributed by atoms with Crippen LogP contribution in [-0.2, 0) is 18.3 Å². The van der Waals surface area contributed by atoms with E-state index in [-0.39, 0.29) is 18.0 Å². The van der Waals surface area contributed by atoms with Gasteiger partial charge in [0.1, 0.15) is 11.4 Å². The predicted molar refractivity (Wildman–Crippen MR) is 118 cm³/mol. The topological polar surface area (TPSA) is 112 Å². The molecule has 0 saturated carbocycles. The molecule has 0 bridgehead atoms. The Morgan fingerprint density at radius 2 is 1.78 bits per heavy atom.